The standard InChI is InChI=1S/C24H51N3/c1-2-3-4-5-6-7-8-9-10-11-12-13-14-15-16-20-23-27-24(26)21-18-17-19-22-25/h9-10,24,27H,2-8,11-23,25-26H2,1H3/b10-9-. The van der Waals surface area contributed by atoms with E-state index < -0.39 is 0 Å². The first-order valence-corrected chi connectivity index (χ1v) is 12.1. The van der Waals surface area contributed by atoms with Crippen molar-refractivity contribution in [3.8, 4) is 0 Å². The van der Waals surface area contributed by atoms with Gasteiger partial charge in [0.15, 0.2) is 0 Å². The van der Waals surface area contributed by atoms with Crippen molar-refractivity contribution in [1.29, 1.82) is 0 Å². The largest absolute Gasteiger partial charge is 0.330 e. The fraction of sp³-hybridized carbons (Fsp3) is 0.917. The van der Waals surface area contributed by atoms with E-state index in [4.69, 9.17) is 11.5 Å². The first-order valence-electron chi connectivity index (χ1n) is 12.1. The molecule has 0 saturated carbocycles. The first-order chi connectivity index (χ1) is 13.3. The third-order valence-electron chi connectivity index (χ3n) is 5.31. The van der Waals surface area contributed by atoms with E-state index in [0.717, 1.165) is 25.9 Å². The zero-order chi connectivity index (χ0) is 19.8. The highest BCUT2D eigenvalue weighted by Gasteiger charge is 2.00. The van der Waals surface area contributed by atoms with Crippen LogP contribution in [0.5, 0.6) is 0 Å². The molecule has 0 spiro atoms. The monoisotopic (exact) mass is 381 g/mol. The van der Waals surface area contributed by atoms with Crippen molar-refractivity contribution in [2.24, 2.45) is 11.5 Å². The van der Waals surface area contributed by atoms with Crippen LogP contribution in [0.1, 0.15) is 122 Å². The van der Waals surface area contributed by atoms with Gasteiger partial charge in [-0.3, -0.25) is 0 Å². The average molecular weight is 382 g/mol. The lowest BCUT2D eigenvalue weighted by Crippen LogP contribution is -2.37. The molecule has 3 nitrogen and oxygen atoms in total. The Balaban J connectivity index is 3.15. The van der Waals surface area contributed by atoms with Crippen LogP contribution in [-0.2, 0) is 0 Å². The lowest BCUT2D eigenvalue weighted by atomic mass is 10.1. The minimum Gasteiger partial charge on any atom is -0.330 e. The first kappa shape index (κ1) is 26.6. The van der Waals surface area contributed by atoms with Crippen LogP contribution in [0.25, 0.3) is 0 Å². The maximum atomic E-state index is 6.07. The van der Waals surface area contributed by atoms with Crippen LogP contribution < -0.4 is 16.8 Å². The molecule has 0 aliphatic rings. The van der Waals surface area contributed by atoms with Gasteiger partial charge in [-0.15, -0.1) is 0 Å². The Morgan fingerprint density at radius 2 is 1.19 bits per heavy atom. The van der Waals surface area contributed by atoms with Crippen molar-refractivity contribution < 1.29 is 0 Å². The van der Waals surface area contributed by atoms with Crippen LogP contribution in [0.2, 0.25) is 0 Å². The van der Waals surface area contributed by atoms with Crippen molar-refractivity contribution in [2.45, 2.75) is 129 Å². The summed E-state index contributed by atoms with van der Waals surface area (Å²) in [5, 5.41) is 3.45. The Labute approximate surface area is 171 Å². The third kappa shape index (κ3) is 23.6. The van der Waals surface area contributed by atoms with Crippen LogP contribution in [0.15, 0.2) is 12.2 Å². The third-order valence-corrected chi connectivity index (χ3v) is 5.31. The molecule has 0 amide bonds. The van der Waals surface area contributed by atoms with E-state index in [1.807, 2.05) is 0 Å². The molecule has 0 fully saturated rings. The van der Waals surface area contributed by atoms with Crippen LogP contribution in [0.4, 0.5) is 0 Å². The molecular formula is C24H51N3. The molecule has 0 heterocycles. The van der Waals surface area contributed by atoms with Gasteiger partial charge in [-0.05, 0) is 58.0 Å². The molecule has 0 aromatic heterocycles. The Bertz CT molecular complexity index is 291. The van der Waals surface area contributed by atoms with Crippen LogP contribution >= 0.6 is 0 Å². The van der Waals surface area contributed by atoms with Gasteiger partial charge in [0.1, 0.15) is 0 Å². The molecule has 0 aromatic carbocycles. The number of hydrogen-bond acceptors (Lipinski definition) is 3. The minimum absolute atomic E-state index is 0.172. The number of nitrogens with one attached hydrogen (secondary N) is 1. The highest BCUT2D eigenvalue weighted by atomic mass is 15.0. The summed E-state index contributed by atoms with van der Waals surface area (Å²) in [6.07, 6.45) is 28.7. The lowest BCUT2D eigenvalue weighted by molar-refractivity contribution is 0.456. The zero-order valence-electron chi connectivity index (χ0n) is 18.5. The molecule has 27 heavy (non-hydrogen) atoms. The maximum absolute atomic E-state index is 6.07. The topological polar surface area (TPSA) is 64.1 Å². The van der Waals surface area contributed by atoms with Crippen molar-refractivity contribution >= 4 is 0 Å². The molecular weight excluding hydrogens is 330 g/mol. The summed E-state index contributed by atoms with van der Waals surface area (Å²) in [6, 6.07) is 0. The molecule has 0 rings (SSSR count). The molecule has 0 aliphatic carbocycles. The molecule has 0 aromatic rings. The Hall–Kier alpha value is -0.380. The predicted octanol–water partition coefficient (Wildman–Crippen LogP) is 6.42. The second kappa shape index (κ2) is 23.7. The van der Waals surface area contributed by atoms with E-state index in [1.165, 1.54) is 103 Å². The molecule has 1 unspecified atom stereocenters. The normalized spacial score (nSPS) is 12.9. The molecule has 0 saturated heterocycles. The predicted molar refractivity (Wildman–Crippen MR) is 123 cm³/mol. The highest BCUT2D eigenvalue weighted by molar-refractivity contribution is 4.81. The molecule has 0 aliphatic heterocycles. The fourth-order valence-corrected chi connectivity index (χ4v) is 3.45. The van der Waals surface area contributed by atoms with E-state index in [9.17, 15) is 0 Å². The van der Waals surface area contributed by atoms with E-state index in [0.29, 0.717) is 0 Å². The van der Waals surface area contributed by atoms with Gasteiger partial charge in [-0.25, -0.2) is 0 Å². The summed E-state index contributed by atoms with van der Waals surface area (Å²) in [4.78, 5) is 0. The average Bonchev–Trinajstić information content (AvgIpc) is 2.67. The summed E-state index contributed by atoms with van der Waals surface area (Å²) in [5.41, 5.74) is 11.6. The fourth-order valence-electron chi connectivity index (χ4n) is 3.45. The second-order valence-corrected chi connectivity index (χ2v) is 8.14. The SMILES string of the molecule is CCCCCCCC/C=C\CCCCCCCCNC(N)CCCCCN. The Morgan fingerprint density at radius 3 is 1.78 bits per heavy atom. The molecule has 162 valence electrons. The molecule has 1 atom stereocenters. The quantitative estimate of drug-likeness (QED) is 0.115. The summed E-state index contributed by atoms with van der Waals surface area (Å²) >= 11 is 0. The molecule has 0 bridgehead atoms. The van der Waals surface area contributed by atoms with Crippen molar-refractivity contribution in [3.05, 3.63) is 12.2 Å². The van der Waals surface area contributed by atoms with Gasteiger partial charge in [0.05, 0.1) is 6.17 Å². The number of nitrogens with two attached hydrogens (primary N) is 2. The minimum atomic E-state index is 0.172. The molecule has 0 radical (unpaired) electrons. The smallest absolute Gasteiger partial charge is 0.0546 e. The van der Waals surface area contributed by atoms with Gasteiger partial charge >= 0.3 is 0 Å². The van der Waals surface area contributed by atoms with Gasteiger partial charge in [0.2, 0.25) is 0 Å². The van der Waals surface area contributed by atoms with Gasteiger partial charge < -0.3 is 16.8 Å². The van der Waals surface area contributed by atoms with Gasteiger partial charge in [-0.2, -0.15) is 0 Å². The van der Waals surface area contributed by atoms with Gasteiger partial charge in [0.25, 0.3) is 0 Å². The van der Waals surface area contributed by atoms with E-state index in [2.05, 4.69) is 24.4 Å². The second-order valence-electron chi connectivity index (χ2n) is 8.14. The van der Waals surface area contributed by atoms with E-state index in [1.54, 1.807) is 0 Å². The van der Waals surface area contributed by atoms with Gasteiger partial charge in [-0.1, -0.05) is 89.7 Å². The van der Waals surface area contributed by atoms with Crippen LogP contribution in [0.3, 0.4) is 0 Å². The highest BCUT2D eigenvalue weighted by Crippen LogP contribution is 2.10. The van der Waals surface area contributed by atoms with Crippen LogP contribution in [-0.4, -0.2) is 19.3 Å². The van der Waals surface area contributed by atoms with Crippen molar-refractivity contribution in [2.75, 3.05) is 13.1 Å². The van der Waals surface area contributed by atoms with Gasteiger partial charge in [0, 0.05) is 0 Å². The zero-order valence-corrected chi connectivity index (χ0v) is 18.5. The summed E-state index contributed by atoms with van der Waals surface area (Å²) in [6.45, 7) is 4.15. The summed E-state index contributed by atoms with van der Waals surface area (Å²) < 4.78 is 0. The van der Waals surface area contributed by atoms with Crippen molar-refractivity contribution in [1.82, 2.24) is 5.32 Å². The Morgan fingerprint density at radius 1 is 0.667 bits per heavy atom. The number of unbranched alkanes of at least 4 members (excludes halogenated alkanes) is 14. The van der Waals surface area contributed by atoms with E-state index in [-0.39, 0.29) is 6.17 Å². The number of rotatable bonds is 22. The summed E-state index contributed by atoms with van der Waals surface area (Å²) in [5.74, 6) is 0. The maximum Gasteiger partial charge on any atom is 0.0546 e. The summed E-state index contributed by atoms with van der Waals surface area (Å²) in [7, 11) is 0. The molecule has 3 heteroatoms. The Kier molecular flexibility index (Phi) is 23.3. The number of hydrogen-bond donors (Lipinski definition) is 3. The van der Waals surface area contributed by atoms with E-state index >= 15 is 0 Å². The van der Waals surface area contributed by atoms with Crippen LogP contribution in [0, 0.1) is 0 Å². The lowest BCUT2D eigenvalue weighted by Gasteiger charge is -2.13. The molecule has 5 N–H and O–H groups in total. The van der Waals surface area contributed by atoms with Crippen molar-refractivity contribution in [3.63, 3.8) is 0 Å². The number of allylic oxidation sites excluding steroid dienone is 2.